The first-order valence-electron chi connectivity index (χ1n) is 7.18. The van der Waals surface area contributed by atoms with Gasteiger partial charge in [-0.3, -0.25) is 0 Å². The van der Waals surface area contributed by atoms with Crippen molar-refractivity contribution >= 4 is 9.84 Å². The van der Waals surface area contributed by atoms with Gasteiger partial charge in [0.25, 0.3) is 0 Å². The molecule has 0 bridgehead atoms. The smallest absolute Gasteiger partial charge is 0.327 e. The molecule has 1 aliphatic rings. The first-order chi connectivity index (χ1) is 9.15. The lowest BCUT2D eigenvalue weighted by molar-refractivity contribution is -0.186. The average molecular weight is 315 g/mol. The predicted octanol–water partition coefficient (Wildman–Crippen LogP) is 2.90. The summed E-state index contributed by atoms with van der Waals surface area (Å²) < 4.78 is 60.8. The summed E-state index contributed by atoms with van der Waals surface area (Å²) in [6, 6.07) is -0.327. The third-order valence-corrected chi connectivity index (χ3v) is 6.01. The van der Waals surface area contributed by atoms with E-state index < -0.39 is 21.9 Å². The van der Waals surface area contributed by atoms with E-state index in [9.17, 15) is 21.6 Å². The Labute approximate surface area is 119 Å². The van der Waals surface area contributed by atoms with Gasteiger partial charge in [0.1, 0.15) is 9.84 Å². The number of rotatable bonds is 6. The van der Waals surface area contributed by atoms with Crippen molar-refractivity contribution in [3.8, 4) is 0 Å². The summed E-state index contributed by atoms with van der Waals surface area (Å²) in [6.45, 7) is 1.59. The molecule has 7 heteroatoms. The van der Waals surface area contributed by atoms with Crippen LogP contribution >= 0.6 is 0 Å². The van der Waals surface area contributed by atoms with Crippen LogP contribution in [0.4, 0.5) is 13.2 Å². The zero-order chi connectivity index (χ0) is 15.4. The zero-order valence-corrected chi connectivity index (χ0v) is 12.6. The molecule has 1 aliphatic carbocycles. The Morgan fingerprint density at radius 2 is 1.95 bits per heavy atom. The van der Waals surface area contributed by atoms with Crippen LogP contribution in [0.15, 0.2) is 0 Å². The van der Waals surface area contributed by atoms with Gasteiger partial charge < -0.3 is 5.73 Å². The number of hydrogen-bond donors (Lipinski definition) is 1. The van der Waals surface area contributed by atoms with Crippen molar-refractivity contribution in [1.82, 2.24) is 0 Å². The number of sulfone groups is 1. The Morgan fingerprint density at radius 1 is 1.30 bits per heavy atom. The quantitative estimate of drug-likeness (QED) is 0.820. The highest BCUT2D eigenvalue weighted by Crippen LogP contribution is 2.41. The van der Waals surface area contributed by atoms with Crippen LogP contribution in [-0.2, 0) is 9.84 Å². The molecule has 0 amide bonds. The van der Waals surface area contributed by atoms with E-state index in [0.717, 1.165) is 0 Å². The number of halogens is 3. The Hall–Kier alpha value is -0.300. The maximum atomic E-state index is 12.7. The molecule has 0 aromatic heterocycles. The summed E-state index contributed by atoms with van der Waals surface area (Å²) in [5.41, 5.74) is 5.96. The first kappa shape index (κ1) is 17.8. The second kappa shape index (κ2) is 7.11. The van der Waals surface area contributed by atoms with Crippen LogP contribution < -0.4 is 5.73 Å². The summed E-state index contributed by atoms with van der Waals surface area (Å²) in [5.74, 6) is -1.21. The molecule has 0 saturated heterocycles. The molecule has 0 radical (unpaired) electrons. The van der Waals surface area contributed by atoms with Gasteiger partial charge in [0.2, 0.25) is 0 Å². The number of alkyl halides is 3. The molecule has 1 rings (SSSR count). The molecule has 1 fully saturated rings. The lowest BCUT2D eigenvalue weighted by Gasteiger charge is -2.33. The van der Waals surface area contributed by atoms with Gasteiger partial charge in [-0.05, 0) is 38.0 Å². The predicted molar refractivity (Wildman–Crippen MR) is 73.0 cm³/mol. The Balaban J connectivity index is 2.41. The zero-order valence-electron chi connectivity index (χ0n) is 11.8. The fraction of sp³-hybridized carbons (Fsp3) is 1.00. The Kier molecular flexibility index (Phi) is 6.31. The van der Waals surface area contributed by atoms with Gasteiger partial charge in [-0.2, -0.15) is 13.2 Å². The van der Waals surface area contributed by atoms with Gasteiger partial charge >= 0.3 is 6.18 Å². The molecule has 3 atom stereocenters. The SMILES string of the molecule is CCS(=O)(=O)CCCC(N)C1CCCC(C(F)(F)F)C1. The van der Waals surface area contributed by atoms with E-state index in [4.69, 9.17) is 5.73 Å². The van der Waals surface area contributed by atoms with E-state index in [1.807, 2.05) is 0 Å². The highest BCUT2D eigenvalue weighted by Gasteiger charge is 2.42. The summed E-state index contributed by atoms with van der Waals surface area (Å²) in [5, 5.41) is 0. The Morgan fingerprint density at radius 3 is 2.50 bits per heavy atom. The van der Waals surface area contributed by atoms with Crippen LogP contribution in [0.1, 0.15) is 45.4 Å². The van der Waals surface area contributed by atoms with Crippen molar-refractivity contribution in [3.63, 3.8) is 0 Å². The lowest BCUT2D eigenvalue weighted by atomic mass is 9.77. The molecular formula is C13H24F3NO2S. The van der Waals surface area contributed by atoms with E-state index in [1.54, 1.807) is 6.92 Å². The molecule has 20 heavy (non-hydrogen) atoms. The number of hydrogen-bond acceptors (Lipinski definition) is 3. The molecule has 0 aliphatic heterocycles. The van der Waals surface area contributed by atoms with Crippen molar-refractivity contribution in [3.05, 3.63) is 0 Å². The van der Waals surface area contributed by atoms with Crippen molar-refractivity contribution in [1.29, 1.82) is 0 Å². The highest BCUT2D eigenvalue weighted by molar-refractivity contribution is 7.91. The standard InChI is InChI=1S/C13H24F3NO2S/c1-2-20(18,19)8-4-7-12(17)10-5-3-6-11(9-10)13(14,15)16/h10-12H,2-9,17H2,1H3. The van der Waals surface area contributed by atoms with E-state index in [1.165, 1.54) is 0 Å². The van der Waals surface area contributed by atoms with Gasteiger partial charge in [0.05, 0.1) is 11.7 Å². The van der Waals surface area contributed by atoms with E-state index in [2.05, 4.69) is 0 Å². The van der Waals surface area contributed by atoms with Crippen LogP contribution in [0.3, 0.4) is 0 Å². The van der Waals surface area contributed by atoms with Crippen LogP contribution in [0.5, 0.6) is 0 Å². The summed E-state index contributed by atoms with van der Waals surface area (Å²) in [7, 11) is -3.02. The molecule has 3 nitrogen and oxygen atoms in total. The van der Waals surface area contributed by atoms with Crippen molar-refractivity contribution in [2.24, 2.45) is 17.6 Å². The van der Waals surface area contributed by atoms with Gasteiger partial charge in [-0.15, -0.1) is 0 Å². The summed E-state index contributed by atoms with van der Waals surface area (Å²) in [6.07, 6.45) is -1.67. The molecule has 0 heterocycles. The van der Waals surface area contributed by atoms with Crippen molar-refractivity contribution in [2.45, 2.75) is 57.7 Å². The molecule has 2 N–H and O–H groups in total. The van der Waals surface area contributed by atoms with E-state index >= 15 is 0 Å². The second-order valence-electron chi connectivity index (χ2n) is 5.71. The fourth-order valence-corrected chi connectivity index (χ4v) is 3.73. The van der Waals surface area contributed by atoms with E-state index in [0.29, 0.717) is 25.7 Å². The maximum Gasteiger partial charge on any atom is 0.391 e. The largest absolute Gasteiger partial charge is 0.391 e. The van der Waals surface area contributed by atoms with Crippen molar-refractivity contribution in [2.75, 3.05) is 11.5 Å². The van der Waals surface area contributed by atoms with Crippen LogP contribution in [0.2, 0.25) is 0 Å². The third-order valence-electron chi connectivity index (χ3n) is 4.22. The molecule has 1 saturated carbocycles. The Bertz CT molecular complexity index is 395. The average Bonchev–Trinajstić information content (AvgIpc) is 2.37. The monoisotopic (exact) mass is 315 g/mol. The second-order valence-corrected chi connectivity index (χ2v) is 8.18. The minimum absolute atomic E-state index is 0.0760. The minimum atomic E-state index is -4.13. The van der Waals surface area contributed by atoms with Gasteiger partial charge in [0.15, 0.2) is 0 Å². The van der Waals surface area contributed by atoms with Gasteiger partial charge in [-0.1, -0.05) is 13.3 Å². The first-order valence-corrected chi connectivity index (χ1v) is 9.00. The molecule has 0 aromatic rings. The van der Waals surface area contributed by atoms with Crippen LogP contribution in [0.25, 0.3) is 0 Å². The molecule has 3 unspecified atom stereocenters. The summed E-state index contributed by atoms with van der Waals surface area (Å²) >= 11 is 0. The number of nitrogens with two attached hydrogens (primary N) is 1. The van der Waals surface area contributed by atoms with Gasteiger partial charge in [0, 0.05) is 11.8 Å². The van der Waals surface area contributed by atoms with E-state index in [-0.39, 0.29) is 36.3 Å². The third kappa shape index (κ3) is 5.60. The summed E-state index contributed by atoms with van der Waals surface area (Å²) in [4.78, 5) is 0. The van der Waals surface area contributed by atoms with Crippen LogP contribution in [0, 0.1) is 11.8 Å². The fourth-order valence-electron chi connectivity index (χ4n) is 2.83. The molecule has 0 spiro atoms. The molecule has 120 valence electrons. The normalized spacial score (nSPS) is 26.4. The lowest BCUT2D eigenvalue weighted by Crippen LogP contribution is -2.37. The maximum absolute atomic E-state index is 12.7. The van der Waals surface area contributed by atoms with Gasteiger partial charge in [-0.25, -0.2) is 8.42 Å². The van der Waals surface area contributed by atoms with Crippen molar-refractivity contribution < 1.29 is 21.6 Å². The highest BCUT2D eigenvalue weighted by atomic mass is 32.2. The van der Waals surface area contributed by atoms with Crippen LogP contribution in [-0.4, -0.2) is 32.1 Å². The topological polar surface area (TPSA) is 60.2 Å². The molecular weight excluding hydrogens is 291 g/mol. The minimum Gasteiger partial charge on any atom is -0.327 e. The molecule has 0 aromatic carbocycles.